The zero-order valence-electron chi connectivity index (χ0n) is 9.33. The van der Waals surface area contributed by atoms with Crippen molar-refractivity contribution >= 4 is 33.7 Å². The van der Waals surface area contributed by atoms with E-state index in [0.29, 0.717) is 12.4 Å². The van der Waals surface area contributed by atoms with Crippen LogP contribution in [0, 0.1) is 0 Å². The van der Waals surface area contributed by atoms with E-state index < -0.39 is 10.5 Å². The number of hydrogen-bond donors (Lipinski definition) is 0. The molecular weight excluding hydrogens is 263 g/mol. The van der Waals surface area contributed by atoms with Crippen LogP contribution in [0.4, 0.5) is 0 Å². The number of unbranched alkanes of at least 4 members (excludes halogenated alkanes) is 1. The molecule has 3 nitrogen and oxygen atoms in total. The first-order valence-electron chi connectivity index (χ1n) is 5.22. The minimum absolute atomic E-state index is 0.240. The Labute approximate surface area is 110 Å². The van der Waals surface area contributed by atoms with Gasteiger partial charge in [0, 0.05) is 5.56 Å². The quantitative estimate of drug-likeness (QED) is 0.588. The topological polar surface area (TPSA) is 43.4 Å². The maximum Gasteiger partial charge on any atom is 0.256 e. The van der Waals surface area contributed by atoms with Gasteiger partial charge in [0.25, 0.3) is 10.5 Å². The third-order valence-corrected chi connectivity index (χ3v) is 2.60. The number of carbonyl (C=O) groups is 2. The molecular formula is C12H12Cl2O3. The molecule has 0 bridgehead atoms. The van der Waals surface area contributed by atoms with Crippen molar-refractivity contribution in [2.75, 3.05) is 6.61 Å². The highest BCUT2D eigenvalue weighted by atomic mass is 35.5. The molecule has 0 heterocycles. The Hall–Kier alpha value is -1.06. The van der Waals surface area contributed by atoms with Gasteiger partial charge in [-0.25, -0.2) is 0 Å². The lowest BCUT2D eigenvalue weighted by atomic mass is 10.1. The SMILES string of the molecule is CCCCOc1cc(C(=O)Cl)ccc1C(=O)Cl. The summed E-state index contributed by atoms with van der Waals surface area (Å²) in [6, 6.07) is 4.31. The summed E-state index contributed by atoms with van der Waals surface area (Å²) in [5.41, 5.74) is 0.518. The fraction of sp³-hybridized carbons (Fsp3) is 0.333. The predicted octanol–water partition coefficient (Wildman–Crippen LogP) is 3.62. The minimum atomic E-state index is -0.620. The second-order valence-corrected chi connectivity index (χ2v) is 4.15. The van der Waals surface area contributed by atoms with Crippen LogP contribution in [0.5, 0.6) is 5.75 Å². The van der Waals surface area contributed by atoms with E-state index in [1.54, 1.807) is 0 Å². The van der Waals surface area contributed by atoms with Crippen LogP contribution >= 0.6 is 23.2 Å². The lowest BCUT2D eigenvalue weighted by molar-refractivity contribution is 0.106. The van der Waals surface area contributed by atoms with Crippen LogP contribution in [0.25, 0.3) is 0 Å². The van der Waals surface area contributed by atoms with Crippen molar-refractivity contribution in [1.82, 2.24) is 0 Å². The Bertz CT molecular complexity index is 430. The van der Waals surface area contributed by atoms with Crippen LogP contribution in [0.2, 0.25) is 0 Å². The monoisotopic (exact) mass is 274 g/mol. The number of rotatable bonds is 6. The van der Waals surface area contributed by atoms with Crippen molar-refractivity contribution in [3.63, 3.8) is 0 Å². The summed E-state index contributed by atoms with van der Waals surface area (Å²) in [5, 5.41) is -1.22. The van der Waals surface area contributed by atoms with Crippen molar-refractivity contribution < 1.29 is 14.3 Å². The van der Waals surface area contributed by atoms with E-state index in [2.05, 4.69) is 0 Å². The third-order valence-electron chi connectivity index (χ3n) is 2.18. The largest absolute Gasteiger partial charge is 0.493 e. The Kier molecular flexibility index (Phi) is 5.45. The van der Waals surface area contributed by atoms with Crippen molar-refractivity contribution in [2.45, 2.75) is 19.8 Å². The van der Waals surface area contributed by atoms with Gasteiger partial charge >= 0.3 is 0 Å². The molecule has 0 unspecified atom stereocenters. The van der Waals surface area contributed by atoms with Gasteiger partial charge in [0.1, 0.15) is 5.75 Å². The Morgan fingerprint density at radius 2 is 1.94 bits per heavy atom. The van der Waals surface area contributed by atoms with Gasteiger partial charge in [0.05, 0.1) is 12.2 Å². The highest BCUT2D eigenvalue weighted by Crippen LogP contribution is 2.23. The molecule has 0 aromatic heterocycles. The molecule has 1 aromatic rings. The molecule has 0 saturated carbocycles. The average molecular weight is 275 g/mol. The first-order chi connectivity index (χ1) is 8.06. The van der Waals surface area contributed by atoms with Crippen molar-refractivity contribution in [3.8, 4) is 5.75 Å². The zero-order chi connectivity index (χ0) is 12.8. The van der Waals surface area contributed by atoms with E-state index in [9.17, 15) is 9.59 Å². The second kappa shape index (κ2) is 6.62. The molecule has 0 saturated heterocycles. The fourth-order valence-corrected chi connectivity index (χ4v) is 1.53. The summed E-state index contributed by atoms with van der Waals surface area (Å²) in [4.78, 5) is 22.1. The molecule has 1 aromatic carbocycles. The first kappa shape index (κ1) is 14.0. The Morgan fingerprint density at radius 1 is 1.24 bits per heavy atom. The van der Waals surface area contributed by atoms with Gasteiger partial charge in [-0.05, 0) is 47.8 Å². The van der Waals surface area contributed by atoms with Gasteiger partial charge < -0.3 is 4.74 Å². The lowest BCUT2D eigenvalue weighted by Crippen LogP contribution is -2.03. The zero-order valence-corrected chi connectivity index (χ0v) is 10.8. The Balaban J connectivity index is 2.98. The molecule has 17 heavy (non-hydrogen) atoms. The molecule has 0 aliphatic rings. The molecule has 0 fully saturated rings. The predicted molar refractivity (Wildman–Crippen MR) is 67.2 cm³/mol. The molecule has 0 N–H and O–H groups in total. The summed E-state index contributed by atoms with van der Waals surface area (Å²) in [6.07, 6.45) is 1.83. The van der Waals surface area contributed by atoms with Crippen molar-refractivity contribution in [1.29, 1.82) is 0 Å². The van der Waals surface area contributed by atoms with Crippen molar-refractivity contribution in [2.24, 2.45) is 0 Å². The van der Waals surface area contributed by atoms with E-state index in [0.717, 1.165) is 12.8 Å². The molecule has 0 aliphatic carbocycles. The number of hydrogen-bond acceptors (Lipinski definition) is 3. The maximum absolute atomic E-state index is 11.1. The van der Waals surface area contributed by atoms with Crippen LogP contribution in [-0.2, 0) is 0 Å². The van der Waals surface area contributed by atoms with Crippen LogP contribution < -0.4 is 4.74 Å². The second-order valence-electron chi connectivity index (χ2n) is 3.46. The molecule has 0 aliphatic heterocycles. The van der Waals surface area contributed by atoms with Gasteiger partial charge in [0.2, 0.25) is 0 Å². The normalized spacial score (nSPS) is 10.1. The van der Waals surface area contributed by atoms with Gasteiger partial charge in [0.15, 0.2) is 0 Å². The van der Waals surface area contributed by atoms with Crippen LogP contribution in [-0.4, -0.2) is 17.1 Å². The van der Waals surface area contributed by atoms with E-state index in [1.807, 2.05) is 6.92 Å². The van der Waals surface area contributed by atoms with Crippen LogP contribution in [0.15, 0.2) is 18.2 Å². The van der Waals surface area contributed by atoms with E-state index in [4.69, 9.17) is 27.9 Å². The maximum atomic E-state index is 11.1. The van der Waals surface area contributed by atoms with Gasteiger partial charge in [-0.15, -0.1) is 0 Å². The lowest BCUT2D eigenvalue weighted by Gasteiger charge is -2.09. The van der Waals surface area contributed by atoms with Crippen LogP contribution in [0.1, 0.15) is 40.5 Å². The molecule has 0 spiro atoms. The minimum Gasteiger partial charge on any atom is -0.493 e. The van der Waals surface area contributed by atoms with Crippen LogP contribution in [0.3, 0.4) is 0 Å². The summed E-state index contributed by atoms with van der Waals surface area (Å²) < 4.78 is 5.41. The summed E-state index contributed by atoms with van der Waals surface area (Å²) >= 11 is 10.8. The number of ether oxygens (including phenoxy) is 1. The molecule has 0 amide bonds. The number of halogens is 2. The molecule has 1 rings (SSSR count). The molecule has 5 heteroatoms. The van der Waals surface area contributed by atoms with Gasteiger partial charge in [-0.1, -0.05) is 13.3 Å². The van der Waals surface area contributed by atoms with Crippen molar-refractivity contribution in [3.05, 3.63) is 29.3 Å². The number of benzene rings is 1. The standard InChI is InChI=1S/C12H12Cl2O3/c1-2-3-6-17-10-7-8(11(13)15)4-5-9(10)12(14)16/h4-5,7H,2-3,6H2,1H3. The molecule has 0 radical (unpaired) electrons. The highest BCUT2D eigenvalue weighted by molar-refractivity contribution is 6.68. The fourth-order valence-electron chi connectivity index (χ4n) is 1.25. The van der Waals surface area contributed by atoms with Gasteiger partial charge in [-0.3, -0.25) is 9.59 Å². The third kappa shape index (κ3) is 4.02. The highest BCUT2D eigenvalue weighted by Gasteiger charge is 2.13. The summed E-state index contributed by atoms with van der Waals surface area (Å²) in [6.45, 7) is 2.49. The van der Waals surface area contributed by atoms with Gasteiger partial charge in [-0.2, -0.15) is 0 Å². The van der Waals surface area contributed by atoms with E-state index in [1.165, 1.54) is 18.2 Å². The number of carbonyl (C=O) groups excluding carboxylic acids is 2. The first-order valence-corrected chi connectivity index (χ1v) is 5.98. The molecule has 0 atom stereocenters. The van der Waals surface area contributed by atoms with E-state index in [-0.39, 0.29) is 11.1 Å². The Morgan fingerprint density at radius 3 is 2.47 bits per heavy atom. The smallest absolute Gasteiger partial charge is 0.256 e. The summed E-state index contributed by atoms with van der Waals surface area (Å²) in [7, 11) is 0. The van der Waals surface area contributed by atoms with E-state index >= 15 is 0 Å². The molecule has 92 valence electrons. The average Bonchev–Trinajstić information content (AvgIpc) is 2.28. The summed E-state index contributed by atoms with van der Waals surface area (Å²) in [5.74, 6) is 0.296.